The molecule has 1 nitrogen and oxygen atoms in total. The lowest BCUT2D eigenvalue weighted by atomic mass is 9.65. The second-order valence-electron chi connectivity index (χ2n) is 12.3. The molecule has 3 aromatic rings. The molecule has 5 aliphatic carbocycles. The molecule has 9 rings (SSSR count). The maximum absolute atomic E-state index is 4.84. The van der Waals surface area contributed by atoms with Crippen molar-refractivity contribution in [3.05, 3.63) is 172 Å². The van der Waals surface area contributed by atoms with Crippen LogP contribution in [0.2, 0.25) is 0 Å². The fourth-order valence-corrected chi connectivity index (χ4v) is 7.80. The predicted octanol–water partition coefficient (Wildman–Crippen LogP) is 9.28. The molecule has 194 valence electrons. The molecule has 0 radical (unpaired) electrons. The van der Waals surface area contributed by atoms with Crippen LogP contribution in [0.25, 0.3) is 27.8 Å². The molecule has 0 bridgehead atoms. The van der Waals surface area contributed by atoms with Gasteiger partial charge in [0, 0.05) is 17.5 Å². The van der Waals surface area contributed by atoms with Crippen LogP contribution in [0.1, 0.15) is 30.5 Å². The number of hydrogen-bond acceptors (Lipinski definition) is 1. The minimum absolute atomic E-state index is 0.00886. The number of hydrogen-bond donors (Lipinski definition) is 0. The highest BCUT2D eigenvalue weighted by molar-refractivity contribution is 5.88. The lowest BCUT2D eigenvalue weighted by Crippen LogP contribution is -2.29. The molecule has 3 aromatic carbocycles. The molecule has 0 amide bonds. The molecular weight excluding hydrogens is 494 g/mol. The molecule has 1 heteroatoms. The summed E-state index contributed by atoms with van der Waals surface area (Å²) in [5.74, 6) is 0.272. The summed E-state index contributed by atoms with van der Waals surface area (Å²) in [7, 11) is 0. The minimum atomic E-state index is 0.00886. The van der Waals surface area contributed by atoms with Crippen molar-refractivity contribution in [2.75, 3.05) is 0 Å². The molecule has 0 aromatic heterocycles. The second kappa shape index (κ2) is 8.15. The van der Waals surface area contributed by atoms with Crippen LogP contribution >= 0.6 is 0 Å². The van der Waals surface area contributed by atoms with Crippen LogP contribution in [0.3, 0.4) is 0 Å². The number of dihydropyridines is 1. The largest absolute Gasteiger partial charge is 0.280 e. The van der Waals surface area contributed by atoms with Gasteiger partial charge in [0.2, 0.25) is 0 Å². The van der Waals surface area contributed by atoms with E-state index in [0.717, 1.165) is 0 Å². The number of fused-ring (bicyclic) bond motifs is 5. The van der Waals surface area contributed by atoms with Gasteiger partial charge in [0.25, 0.3) is 0 Å². The zero-order chi connectivity index (χ0) is 27.3. The van der Waals surface area contributed by atoms with Gasteiger partial charge in [-0.1, -0.05) is 117 Å². The lowest BCUT2D eigenvalue weighted by Gasteiger charge is -2.39. The maximum Gasteiger partial charge on any atom is 0.100 e. The van der Waals surface area contributed by atoms with Crippen LogP contribution in [0.15, 0.2) is 160 Å². The summed E-state index contributed by atoms with van der Waals surface area (Å²) in [5.41, 5.74) is 18.9. The fraction of sp³-hybridized carbons (Fsp3) is 0.125. The molecule has 0 saturated heterocycles. The Hall–Kier alpha value is -4.75. The fourth-order valence-electron chi connectivity index (χ4n) is 7.80. The van der Waals surface area contributed by atoms with E-state index < -0.39 is 0 Å². The van der Waals surface area contributed by atoms with E-state index in [0.29, 0.717) is 0 Å². The van der Waals surface area contributed by atoms with E-state index in [1.54, 1.807) is 0 Å². The molecule has 0 N–H and O–H groups in total. The molecule has 2 unspecified atom stereocenters. The Morgan fingerprint density at radius 1 is 0.683 bits per heavy atom. The quantitative estimate of drug-likeness (QED) is 0.317. The van der Waals surface area contributed by atoms with Crippen LogP contribution in [-0.4, -0.2) is 12.3 Å². The molecule has 41 heavy (non-hydrogen) atoms. The third kappa shape index (κ3) is 3.15. The average molecular weight is 524 g/mol. The highest BCUT2D eigenvalue weighted by Crippen LogP contribution is 2.52. The number of aliphatic imine (C=N–C) groups is 1. The van der Waals surface area contributed by atoms with Gasteiger partial charge in [-0.05, 0) is 96.2 Å². The van der Waals surface area contributed by atoms with E-state index in [9.17, 15) is 0 Å². The Kier molecular flexibility index (Phi) is 4.57. The van der Waals surface area contributed by atoms with Crippen molar-refractivity contribution in [2.45, 2.75) is 25.3 Å². The standard InChI is InChI=1S/C40H29N/c1-40(2)35-8-4-3-7-31(35)32-18-15-27(23-36(32)40)24-9-11-25(12-10-24)30-17-13-26-14-20-34-38-28(16-19-33(30)37(26)38)22-29-6-5-21-41-39(29)34/h3-23,37,39H,1-2H3. The zero-order valence-electron chi connectivity index (χ0n) is 23.2. The third-order valence-corrected chi connectivity index (χ3v) is 9.86. The van der Waals surface area contributed by atoms with E-state index in [1.165, 1.54) is 78.0 Å². The van der Waals surface area contributed by atoms with Crippen LogP contribution in [-0.2, 0) is 5.41 Å². The first-order chi connectivity index (χ1) is 20.1. The van der Waals surface area contributed by atoms with Gasteiger partial charge in [0.15, 0.2) is 0 Å². The van der Waals surface area contributed by atoms with E-state index >= 15 is 0 Å². The normalized spacial score (nSPS) is 23.4. The van der Waals surface area contributed by atoms with Gasteiger partial charge in [-0.25, -0.2) is 0 Å². The lowest BCUT2D eigenvalue weighted by molar-refractivity contribution is 0.660. The van der Waals surface area contributed by atoms with Gasteiger partial charge in [-0.15, -0.1) is 0 Å². The minimum Gasteiger partial charge on any atom is -0.280 e. The highest BCUT2D eigenvalue weighted by atomic mass is 14.8. The topological polar surface area (TPSA) is 12.4 Å². The van der Waals surface area contributed by atoms with Crippen LogP contribution < -0.4 is 0 Å². The van der Waals surface area contributed by atoms with E-state index in [1.807, 2.05) is 12.3 Å². The molecule has 1 aliphatic heterocycles. The van der Waals surface area contributed by atoms with E-state index in [-0.39, 0.29) is 17.4 Å². The van der Waals surface area contributed by atoms with Crippen molar-refractivity contribution < 1.29 is 0 Å². The highest BCUT2D eigenvalue weighted by Gasteiger charge is 2.39. The van der Waals surface area contributed by atoms with Gasteiger partial charge < -0.3 is 0 Å². The van der Waals surface area contributed by atoms with Gasteiger partial charge in [-0.3, -0.25) is 4.99 Å². The van der Waals surface area contributed by atoms with Crippen LogP contribution in [0.4, 0.5) is 0 Å². The first kappa shape index (κ1) is 23.0. The Morgan fingerprint density at radius 2 is 1.49 bits per heavy atom. The Morgan fingerprint density at radius 3 is 2.39 bits per heavy atom. The van der Waals surface area contributed by atoms with Crippen molar-refractivity contribution in [3.8, 4) is 22.3 Å². The number of allylic oxidation sites excluding steroid dienone is 12. The second-order valence-corrected chi connectivity index (χ2v) is 12.3. The zero-order valence-corrected chi connectivity index (χ0v) is 23.2. The van der Waals surface area contributed by atoms with Crippen molar-refractivity contribution >= 4 is 11.8 Å². The first-order valence-corrected chi connectivity index (χ1v) is 14.6. The van der Waals surface area contributed by atoms with Crippen LogP contribution in [0.5, 0.6) is 0 Å². The van der Waals surface area contributed by atoms with E-state index in [2.05, 4.69) is 129 Å². The van der Waals surface area contributed by atoms with Crippen molar-refractivity contribution in [1.82, 2.24) is 0 Å². The summed E-state index contributed by atoms with van der Waals surface area (Å²) >= 11 is 0. The Bertz CT molecular complexity index is 1990. The first-order valence-electron chi connectivity index (χ1n) is 14.6. The molecule has 1 heterocycles. The molecule has 6 aliphatic rings. The third-order valence-electron chi connectivity index (χ3n) is 9.86. The summed E-state index contributed by atoms with van der Waals surface area (Å²) in [6, 6.07) is 25.2. The van der Waals surface area contributed by atoms with Gasteiger partial charge in [0.05, 0.1) is 0 Å². The summed E-state index contributed by atoms with van der Waals surface area (Å²) in [5, 5.41) is 0. The molecule has 0 fully saturated rings. The molecule has 0 saturated carbocycles. The van der Waals surface area contributed by atoms with Gasteiger partial charge in [-0.2, -0.15) is 0 Å². The van der Waals surface area contributed by atoms with Crippen molar-refractivity contribution in [3.63, 3.8) is 0 Å². The predicted molar refractivity (Wildman–Crippen MR) is 171 cm³/mol. The monoisotopic (exact) mass is 523 g/mol. The molecular formula is C40H29N. The van der Waals surface area contributed by atoms with Gasteiger partial charge >= 0.3 is 0 Å². The summed E-state index contributed by atoms with van der Waals surface area (Å²) in [6.45, 7) is 4.70. The number of benzene rings is 3. The molecule has 2 atom stereocenters. The average Bonchev–Trinajstić information content (AvgIpc) is 3.25. The summed E-state index contributed by atoms with van der Waals surface area (Å²) in [4.78, 5) is 4.84. The Labute approximate surface area is 241 Å². The molecule has 0 spiro atoms. The van der Waals surface area contributed by atoms with Crippen molar-refractivity contribution in [1.29, 1.82) is 0 Å². The Balaban J connectivity index is 1.09. The number of nitrogens with zero attached hydrogens (tertiary/aromatic N) is 1. The summed E-state index contributed by atoms with van der Waals surface area (Å²) < 4.78 is 0. The summed E-state index contributed by atoms with van der Waals surface area (Å²) in [6.07, 6.45) is 22.4. The van der Waals surface area contributed by atoms with E-state index in [4.69, 9.17) is 4.99 Å². The van der Waals surface area contributed by atoms with Gasteiger partial charge in [0.1, 0.15) is 6.04 Å². The maximum atomic E-state index is 4.84. The van der Waals surface area contributed by atoms with Crippen molar-refractivity contribution in [2.24, 2.45) is 10.9 Å². The SMILES string of the molecule is CC1(C)c2ccccc2-c2ccc(-c3ccc(C4=C5C=CC6=C7C(=CC=C(C=C4)C57)C4N=CC=CC4=C6)cc3)cc21. The van der Waals surface area contributed by atoms with Crippen LogP contribution in [0, 0.1) is 5.92 Å². The number of rotatable bonds is 2. The smallest absolute Gasteiger partial charge is 0.100 e.